The number of hydrogen-bond acceptors (Lipinski definition) is 5. The fourth-order valence-corrected chi connectivity index (χ4v) is 1.56. The molecule has 0 aliphatic carbocycles. The zero-order valence-corrected chi connectivity index (χ0v) is 10.6. The highest BCUT2D eigenvalue weighted by Crippen LogP contribution is 2.26. The van der Waals surface area contributed by atoms with E-state index in [0.29, 0.717) is 11.4 Å². The number of benzene rings is 1. The van der Waals surface area contributed by atoms with Gasteiger partial charge >= 0.3 is 5.69 Å². The van der Waals surface area contributed by atoms with Crippen molar-refractivity contribution in [2.75, 3.05) is 0 Å². The summed E-state index contributed by atoms with van der Waals surface area (Å²) in [5, 5.41) is 10.5. The van der Waals surface area contributed by atoms with Crippen LogP contribution in [-0.2, 0) is 0 Å². The minimum Gasteiger partial charge on any atom is -0.456 e. The third-order valence-electron chi connectivity index (χ3n) is 2.58. The molecule has 20 heavy (non-hydrogen) atoms. The van der Waals surface area contributed by atoms with Crippen LogP contribution >= 0.6 is 0 Å². The zero-order chi connectivity index (χ0) is 14.7. The highest BCUT2D eigenvalue weighted by Gasteiger charge is 2.14. The van der Waals surface area contributed by atoms with Gasteiger partial charge in [-0.25, -0.2) is 0 Å². The monoisotopic (exact) mass is 277 g/mol. The lowest BCUT2D eigenvalue weighted by Crippen LogP contribution is -2.06. The quantitative estimate of drug-likeness (QED) is 0.685. The molecule has 1 atom stereocenters. The van der Waals surface area contributed by atoms with Crippen molar-refractivity contribution in [3.05, 3.63) is 58.2 Å². The smallest absolute Gasteiger partial charge is 0.305 e. The SMILES string of the molecule is CC(N)c1ccc(Oc2ccc([N+](=O)[O-])c(F)c2)cn1. The number of halogens is 1. The Hall–Kier alpha value is -2.54. The molecule has 0 radical (unpaired) electrons. The summed E-state index contributed by atoms with van der Waals surface area (Å²) >= 11 is 0. The van der Waals surface area contributed by atoms with Crippen molar-refractivity contribution < 1.29 is 14.1 Å². The number of nitro benzene ring substituents is 1. The minimum atomic E-state index is -0.951. The van der Waals surface area contributed by atoms with Gasteiger partial charge in [0.25, 0.3) is 0 Å². The Morgan fingerprint density at radius 1 is 1.35 bits per heavy atom. The maximum atomic E-state index is 13.4. The van der Waals surface area contributed by atoms with E-state index in [-0.39, 0.29) is 11.8 Å². The highest BCUT2D eigenvalue weighted by atomic mass is 19.1. The standard InChI is InChI=1S/C13H12FN3O3/c1-8(15)12-4-2-10(7-16-12)20-9-3-5-13(17(18)19)11(14)6-9/h2-8H,15H2,1H3. The molecular weight excluding hydrogens is 265 g/mol. The van der Waals surface area contributed by atoms with E-state index in [1.54, 1.807) is 19.1 Å². The topological polar surface area (TPSA) is 91.3 Å². The molecule has 1 heterocycles. The van der Waals surface area contributed by atoms with Crippen LogP contribution in [-0.4, -0.2) is 9.91 Å². The number of ether oxygens (including phenoxy) is 1. The van der Waals surface area contributed by atoms with E-state index in [9.17, 15) is 14.5 Å². The van der Waals surface area contributed by atoms with Crippen LogP contribution in [0.3, 0.4) is 0 Å². The van der Waals surface area contributed by atoms with Crippen molar-refractivity contribution in [3.8, 4) is 11.5 Å². The Balaban J connectivity index is 2.17. The molecule has 7 heteroatoms. The Labute approximate surface area is 114 Å². The van der Waals surface area contributed by atoms with Gasteiger partial charge in [-0.05, 0) is 25.1 Å². The molecule has 0 spiro atoms. The summed E-state index contributed by atoms with van der Waals surface area (Å²) in [6.45, 7) is 1.80. The van der Waals surface area contributed by atoms with E-state index < -0.39 is 16.4 Å². The predicted octanol–water partition coefficient (Wildman–Crippen LogP) is 2.94. The molecule has 1 aromatic heterocycles. The first-order valence-electron chi connectivity index (χ1n) is 5.80. The second-order valence-electron chi connectivity index (χ2n) is 4.18. The molecular formula is C13H12FN3O3. The fraction of sp³-hybridized carbons (Fsp3) is 0.154. The van der Waals surface area contributed by atoms with Crippen molar-refractivity contribution >= 4 is 5.69 Å². The van der Waals surface area contributed by atoms with Crippen LogP contribution in [0.5, 0.6) is 11.5 Å². The Morgan fingerprint density at radius 3 is 2.55 bits per heavy atom. The molecule has 0 amide bonds. The molecule has 0 aliphatic rings. The summed E-state index contributed by atoms with van der Waals surface area (Å²) in [5.74, 6) is -0.404. The number of rotatable bonds is 4. The number of pyridine rings is 1. The maximum Gasteiger partial charge on any atom is 0.305 e. The van der Waals surface area contributed by atoms with Gasteiger partial charge in [-0.3, -0.25) is 15.1 Å². The van der Waals surface area contributed by atoms with Gasteiger partial charge in [-0.2, -0.15) is 4.39 Å². The van der Waals surface area contributed by atoms with Gasteiger partial charge in [0.05, 0.1) is 16.8 Å². The zero-order valence-electron chi connectivity index (χ0n) is 10.6. The summed E-state index contributed by atoms with van der Waals surface area (Å²) in [7, 11) is 0. The van der Waals surface area contributed by atoms with Gasteiger partial charge in [-0.15, -0.1) is 0 Å². The van der Waals surface area contributed by atoms with Crippen LogP contribution in [0.1, 0.15) is 18.7 Å². The van der Waals surface area contributed by atoms with Gasteiger partial charge in [0, 0.05) is 18.2 Å². The van der Waals surface area contributed by atoms with E-state index in [2.05, 4.69) is 4.98 Å². The van der Waals surface area contributed by atoms with Crippen LogP contribution in [0.4, 0.5) is 10.1 Å². The average Bonchev–Trinajstić information content (AvgIpc) is 2.39. The van der Waals surface area contributed by atoms with Crippen LogP contribution in [0.15, 0.2) is 36.5 Å². The lowest BCUT2D eigenvalue weighted by molar-refractivity contribution is -0.387. The van der Waals surface area contributed by atoms with E-state index in [0.717, 1.165) is 12.1 Å². The molecule has 0 fully saturated rings. The summed E-state index contributed by atoms with van der Waals surface area (Å²) in [5.41, 5.74) is 5.77. The van der Waals surface area contributed by atoms with Gasteiger partial charge in [0.2, 0.25) is 5.82 Å². The second-order valence-corrected chi connectivity index (χ2v) is 4.18. The first kappa shape index (κ1) is 13.9. The molecule has 2 rings (SSSR count). The van der Waals surface area contributed by atoms with Gasteiger partial charge in [-0.1, -0.05) is 0 Å². The average molecular weight is 277 g/mol. The van der Waals surface area contributed by atoms with Gasteiger partial charge in [0.15, 0.2) is 0 Å². The highest BCUT2D eigenvalue weighted by molar-refractivity contribution is 5.39. The van der Waals surface area contributed by atoms with E-state index in [1.165, 1.54) is 12.3 Å². The first-order valence-corrected chi connectivity index (χ1v) is 5.80. The van der Waals surface area contributed by atoms with E-state index in [1.807, 2.05) is 0 Å². The molecule has 2 N–H and O–H groups in total. The molecule has 6 nitrogen and oxygen atoms in total. The molecule has 104 valence electrons. The maximum absolute atomic E-state index is 13.4. The Morgan fingerprint density at radius 2 is 2.05 bits per heavy atom. The Bertz CT molecular complexity index is 629. The van der Waals surface area contributed by atoms with Crippen molar-refractivity contribution in [2.45, 2.75) is 13.0 Å². The van der Waals surface area contributed by atoms with E-state index in [4.69, 9.17) is 10.5 Å². The van der Waals surface area contributed by atoms with Crippen LogP contribution in [0.25, 0.3) is 0 Å². The molecule has 2 aromatic rings. The number of nitrogens with zero attached hydrogens (tertiary/aromatic N) is 2. The van der Waals surface area contributed by atoms with Crippen molar-refractivity contribution in [1.82, 2.24) is 4.98 Å². The summed E-state index contributed by atoms with van der Waals surface area (Å²) in [6.07, 6.45) is 1.46. The summed E-state index contributed by atoms with van der Waals surface area (Å²) in [4.78, 5) is 13.8. The van der Waals surface area contributed by atoms with E-state index >= 15 is 0 Å². The Kier molecular flexibility index (Phi) is 3.90. The van der Waals surface area contributed by atoms with Crippen LogP contribution < -0.4 is 10.5 Å². The third-order valence-corrected chi connectivity index (χ3v) is 2.58. The number of nitrogens with two attached hydrogens (primary N) is 1. The summed E-state index contributed by atoms with van der Waals surface area (Å²) in [6, 6.07) is 6.47. The predicted molar refractivity (Wildman–Crippen MR) is 70.0 cm³/mol. The molecule has 1 unspecified atom stereocenters. The lowest BCUT2D eigenvalue weighted by atomic mass is 10.2. The van der Waals surface area contributed by atoms with Crippen LogP contribution in [0.2, 0.25) is 0 Å². The minimum absolute atomic E-state index is 0.156. The number of aromatic nitrogens is 1. The number of nitro groups is 1. The lowest BCUT2D eigenvalue weighted by Gasteiger charge is -2.08. The molecule has 0 saturated heterocycles. The largest absolute Gasteiger partial charge is 0.456 e. The summed E-state index contributed by atoms with van der Waals surface area (Å²) < 4.78 is 18.8. The van der Waals surface area contributed by atoms with Gasteiger partial charge in [0.1, 0.15) is 11.5 Å². The van der Waals surface area contributed by atoms with Crippen molar-refractivity contribution in [3.63, 3.8) is 0 Å². The fourth-order valence-electron chi connectivity index (χ4n) is 1.56. The molecule has 0 aliphatic heterocycles. The molecule has 1 aromatic carbocycles. The first-order chi connectivity index (χ1) is 9.47. The normalized spacial score (nSPS) is 11.9. The van der Waals surface area contributed by atoms with Crippen molar-refractivity contribution in [2.24, 2.45) is 5.73 Å². The molecule has 0 bridgehead atoms. The third kappa shape index (κ3) is 3.07. The van der Waals surface area contributed by atoms with Gasteiger partial charge < -0.3 is 10.5 Å². The molecule has 0 saturated carbocycles. The second kappa shape index (κ2) is 5.62. The van der Waals surface area contributed by atoms with Crippen molar-refractivity contribution in [1.29, 1.82) is 0 Å². The van der Waals surface area contributed by atoms with Crippen LogP contribution in [0, 0.1) is 15.9 Å². The number of hydrogen-bond donors (Lipinski definition) is 1.